The highest BCUT2D eigenvalue weighted by Crippen LogP contribution is 2.14. The van der Waals surface area contributed by atoms with Crippen LogP contribution in [0.1, 0.15) is 46.5 Å². The van der Waals surface area contributed by atoms with Gasteiger partial charge in [0, 0.05) is 25.6 Å². The fourth-order valence-electron chi connectivity index (χ4n) is 1.90. The van der Waals surface area contributed by atoms with Gasteiger partial charge in [-0.15, -0.1) is 0 Å². The Kier molecular flexibility index (Phi) is 4.99. The Morgan fingerprint density at radius 1 is 1.43 bits per heavy atom. The first-order valence-corrected chi connectivity index (χ1v) is 6.08. The molecular weight excluding hydrogens is 172 g/mol. The van der Waals surface area contributed by atoms with Gasteiger partial charge < -0.3 is 4.90 Å². The van der Waals surface area contributed by atoms with Crippen LogP contribution >= 0.6 is 0 Å². The van der Waals surface area contributed by atoms with E-state index in [0.29, 0.717) is 5.92 Å². The van der Waals surface area contributed by atoms with Crippen LogP contribution in [0.4, 0.5) is 0 Å². The largest absolute Gasteiger partial charge is 0.360 e. The Balaban J connectivity index is 2.53. The third-order valence-electron chi connectivity index (χ3n) is 3.02. The third-order valence-corrected chi connectivity index (χ3v) is 3.02. The van der Waals surface area contributed by atoms with Gasteiger partial charge in [0.1, 0.15) is 5.84 Å². The van der Waals surface area contributed by atoms with Crippen LogP contribution in [0, 0.1) is 5.92 Å². The minimum absolute atomic E-state index is 0.646. The molecule has 0 saturated carbocycles. The zero-order valence-electron chi connectivity index (χ0n) is 9.92. The van der Waals surface area contributed by atoms with E-state index in [9.17, 15) is 0 Å². The molecule has 2 heteroatoms. The minimum Gasteiger partial charge on any atom is -0.360 e. The first-order valence-electron chi connectivity index (χ1n) is 6.08. The lowest BCUT2D eigenvalue weighted by Gasteiger charge is -2.32. The highest BCUT2D eigenvalue weighted by molar-refractivity contribution is 5.84. The number of nitrogens with zero attached hydrogens (tertiary/aromatic N) is 2. The second-order valence-electron chi connectivity index (χ2n) is 4.24. The molecule has 0 bridgehead atoms. The Bertz CT molecular complexity index is 187. The Hall–Kier alpha value is -0.530. The van der Waals surface area contributed by atoms with Gasteiger partial charge in [0.05, 0.1) is 0 Å². The number of hydrogen-bond donors (Lipinski definition) is 0. The molecule has 0 aromatic carbocycles. The van der Waals surface area contributed by atoms with Gasteiger partial charge in [-0.3, -0.25) is 4.99 Å². The summed E-state index contributed by atoms with van der Waals surface area (Å²) in [5, 5.41) is 0. The lowest BCUT2D eigenvalue weighted by Crippen LogP contribution is -2.39. The first kappa shape index (κ1) is 11.5. The monoisotopic (exact) mass is 196 g/mol. The topological polar surface area (TPSA) is 15.6 Å². The van der Waals surface area contributed by atoms with Gasteiger partial charge in [-0.2, -0.15) is 0 Å². The molecule has 82 valence electrons. The predicted octanol–water partition coefficient (Wildman–Crippen LogP) is 2.94. The minimum atomic E-state index is 0.646. The van der Waals surface area contributed by atoms with Gasteiger partial charge in [0.25, 0.3) is 0 Å². The van der Waals surface area contributed by atoms with Crippen LogP contribution in [0.5, 0.6) is 0 Å². The van der Waals surface area contributed by atoms with Crippen LogP contribution in [0.25, 0.3) is 0 Å². The highest BCUT2D eigenvalue weighted by atomic mass is 15.2. The fourth-order valence-corrected chi connectivity index (χ4v) is 1.90. The number of aliphatic imine (C=N–C) groups is 1. The van der Waals surface area contributed by atoms with Crippen LogP contribution in [-0.2, 0) is 0 Å². The molecule has 0 N–H and O–H groups in total. The maximum atomic E-state index is 4.68. The van der Waals surface area contributed by atoms with Crippen LogP contribution in [0.2, 0.25) is 0 Å². The van der Waals surface area contributed by atoms with E-state index in [1.165, 1.54) is 44.6 Å². The van der Waals surface area contributed by atoms with Crippen molar-refractivity contribution in [3.05, 3.63) is 0 Å². The van der Waals surface area contributed by atoms with Gasteiger partial charge in [0.15, 0.2) is 0 Å². The second-order valence-corrected chi connectivity index (χ2v) is 4.24. The van der Waals surface area contributed by atoms with Crippen LogP contribution in [0.3, 0.4) is 0 Å². The van der Waals surface area contributed by atoms with Crippen molar-refractivity contribution in [1.29, 1.82) is 0 Å². The summed E-state index contributed by atoms with van der Waals surface area (Å²) >= 11 is 0. The predicted molar refractivity (Wildman–Crippen MR) is 62.9 cm³/mol. The van der Waals surface area contributed by atoms with E-state index in [2.05, 4.69) is 30.7 Å². The summed E-state index contributed by atoms with van der Waals surface area (Å²) in [5.74, 6) is 2.01. The summed E-state index contributed by atoms with van der Waals surface area (Å²) in [7, 11) is 0. The summed E-state index contributed by atoms with van der Waals surface area (Å²) in [5.41, 5.74) is 0. The van der Waals surface area contributed by atoms with Crippen LogP contribution in [-0.4, -0.2) is 30.4 Å². The molecule has 14 heavy (non-hydrogen) atoms. The van der Waals surface area contributed by atoms with Gasteiger partial charge >= 0.3 is 0 Å². The number of amidine groups is 1. The molecule has 0 aromatic heterocycles. The first-order chi connectivity index (χ1) is 6.79. The SMILES string of the molecule is CCCCN1CCCN=C1C(C)CC. The molecule has 0 aliphatic carbocycles. The summed E-state index contributed by atoms with van der Waals surface area (Å²) in [6, 6.07) is 0. The molecule has 0 fully saturated rings. The molecule has 0 radical (unpaired) electrons. The van der Waals surface area contributed by atoms with Crippen LogP contribution in [0.15, 0.2) is 4.99 Å². The van der Waals surface area contributed by atoms with Gasteiger partial charge in [-0.05, 0) is 19.3 Å². The molecule has 2 nitrogen and oxygen atoms in total. The lowest BCUT2D eigenvalue weighted by molar-refractivity contribution is 0.363. The van der Waals surface area contributed by atoms with Crippen LogP contribution < -0.4 is 0 Å². The summed E-state index contributed by atoms with van der Waals surface area (Å²) in [4.78, 5) is 7.18. The van der Waals surface area contributed by atoms with Crippen molar-refractivity contribution in [1.82, 2.24) is 4.90 Å². The fraction of sp³-hybridized carbons (Fsp3) is 0.917. The standard InChI is InChI=1S/C12H24N2/c1-4-6-9-14-10-7-8-13-12(14)11(3)5-2/h11H,4-10H2,1-3H3. The zero-order chi connectivity index (χ0) is 10.4. The molecule has 1 heterocycles. The van der Waals surface area contributed by atoms with E-state index < -0.39 is 0 Å². The molecular formula is C12H24N2. The van der Waals surface area contributed by atoms with Crippen molar-refractivity contribution in [3.63, 3.8) is 0 Å². The average Bonchev–Trinajstić information content (AvgIpc) is 2.25. The van der Waals surface area contributed by atoms with E-state index in [1.54, 1.807) is 0 Å². The van der Waals surface area contributed by atoms with Gasteiger partial charge in [-0.25, -0.2) is 0 Å². The maximum Gasteiger partial charge on any atom is 0.102 e. The summed E-state index contributed by atoms with van der Waals surface area (Å²) in [6.07, 6.45) is 5.03. The van der Waals surface area contributed by atoms with Crippen molar-refractivity contribution in [3.8, 4) is 0 Å². The van der Waals surface area contributed by atoms with Crippen molar-refractivity contribution < 1.29 is 0 Å². The molecule has 1 atom stereocenters. The van der Waals surface area contributed by atoms with Crippen molar-refractivity contribution in [2.75, 3.05) is 19.6 Å². The number of rotatable bonds is 5. The smallest absolute Gasteiger partial charge is 0.102 e. The van der Waals surface area contributed by atoms with E-state index in [4.69, 9.17) is 0 Å². The zero-order valence-corrected chi connectivity index (χ0v) is 9.92. The number of hydrogen-bond acceptors (Lipinski definition) is 2. The molecule has 1 rings (SSSR count). The molecule has 0 aromatic rings. The lowest BCUT2D eigenvalue weighted by atomic mass is 10.1. The Morgan fingerprint density at radius 2 is 2.21 bits per heavy atom. The average molecular weight is 196 g/mol. The van der Waals surface area contributed by atoms with Crippen molar-refractivity contribution in [2.45, 2.75) is 46.5 Å². The van der Waals surface area contributed by atoms with Gasteiger partial charge in [0.2, 0.25) is 0 Å². The van der Waals surface area contributed by atoms with Crippen molar-refractivity contribution >= 4 is 5.84 Å². The van der Waals surface area contributed by atoms with E-state index >= 15 is 0 Å². The molecule has 1 unspecified atom stereocenters. The molecule has 1 aliphatic heterocycles. The summed E-state index contributed by atoms with van der Waals surface area (Å²) < 4.78 is 0. The molecule has 0 saturated heterocycles. The summed E-state index contributed by atoms with van der Waals surface area (Å²) in [6.45, 7) is 10.3. The molecule has 0 amide bonds. The Morgan fingerprint density at radius 3 is 2.86 bits per heavy atom. The molecule has 1 aliphatic rings. The third kappa shape index (κ3) is 3.00. The van der Waals surface area contributed by atoms with Crippen molar-refractivity contribution in [2.24, 2.45) is 10.9 Å². The maximum absolute atomic E-state index is 4.68. The number of unbranched alkanes of at least 4 members (excludes halogenated alkanes) is 1. The van der Waals surface area contributed by atoms with Gasteiger partial charge in [-0.1, -0.05) is 27.2 Å². The van der Waals surface area contributed by atoms with E-state index in [1.807, 2.05) is 0 Å². The highest BCUT2D eigenvalue weighted by Gasteiger charge is 2.18. The normalized spacial score (nSPS) is 19.4. The van der Waals surface area contributed by atoms with E-state index in [-0.39, 0.29) is 0 Å². The Labute approximate surface area is 88.4 Å². The molecule has 0 spiro atoms. The second kappa shape index (κ2) is 6.05. The van der Waals surface area contributed by atoms with E-state index in [0.717, 1.165) is 6.54 Å². The quantitative estimate of drug-likeness (QED) is 0.660.